The van der Waals surface area contributed by atoms with Crippen LogP contribution >= 0.6 is 11.6 Å². The summed E-state index contributed by atoms with van der Waals surface area (Å²) in [5.74, 6) is 0.688. The maximum absolute atomic E-state index is 12.9. The summed E-state index contributed by atoms with van der Waals surface area (Å²) in [4.78, 5) is 17.3. The topological polar surface area (TPSA) is 51.2 Å². The van der Waals surface area contributed by atoms with Crippen molar-refractivity contribution in [3.05, 3.63) is 89.1 Å². The van der Waals surface area contributed by atoms with E-state index in [1.807, 2.05) is 66.7 Å². The lowest BCUT2D eigenvalue weighted by atomic mass is 9.73. The molecule has 0 bridgehead atoms. The molecule has 1 spiro atoms. The molecule has 1 aliphatic carbocycles. The lowest BCUT2D eigenvalue weighted by molar-refractivity contribution is -0.118. The van der Waals surface area contributed by atoms with E-state index in [0.717, 1.165) is 53.8 Å². The zero-order valence-corrected chi connectivity index (χ0v) is 17.8. The zero-order chi connectivity index (χ0) is 21.3. The van der Waals surface area contributed by atoms with E-state index in [-0.39, 0.29) is 17.6 Å². The standard InChI is InChI=1S/C26H23ClN2O2/c27-19-10-11-24-21(16-19)23(17-26(31-24)13-5-14-26)29-25(30)12-9-18-6-1-2-7-20(18)22-8-3-4-15-28-22/h1-4,6-12,15-16,23H,5,13-14,17H2,(H,29,30). The molecular formula is C26H23ClN2O2. The number of amides is 1. The van der Waals surface area contributed by atoms with Gasteiger partial charge in [0.1, 0.15) is 11.4 Å². The molecule has 1 saturated carbocycles. The third-order valence-corrected chi connectivity index (χ3v) is 6.38. The first kappa shape index (κ1) is 19.8. The number of nitrogens with one attached hydrogen (secondary N) is 1. The van der Waals surface area contributed by atoms with Crippen molar-refractivity contribution in [2.45, 2.75) is 37.3 Å². The molecule has 2 heterocycles. The number of carbonyl (C=O) groups excluding carboxylic acids is 1. The van der Waals surface area contributed by atoms with Crippen LogP contribution in [0, 0.1) is 0 Å². The molecule has 2 aromatic carbocycles. The van der Waals surface area contributed by atoms with Crippen molar-refractivity contribution in [1.29, 1.82) is 0 Å². The van der Waals surface area contributed by atoms with Gasteiger partial charge in [0.25, 0.3) is 0 Å². The molecule has 4 nitrogen and oxygen atoms in total. The summed E-state index contributed by atoms with van der Waals surface area (Å²) < 4.78 is 6.28. The SMILES string of the molecule is O=C(C=Cc1ccccc1-c1ccccn1)NC1CC2(CCC2)Oc2ccc(Cl)cc21. The molecule has 0 radical (unpaired) electrons. The number of carbonyl (C=O) groups is 1. The molecule has 31 heavy (non-hydrogen) atoms. The number of ether oxygens (including phenoxy) is 1. The van der Waals surface area contributed by atoms with Crippen LogP contribution in [0.2, 0.25) is 5.02 Å². The third-order valence-electron chi connectivity index (χ3n) is 6.15. The molecule has 1 atom stereocenters. The van der Waals surface area contributed by atoms with Gasteiger partial charge in [-0.15, -0.1) is 0 Å². The number of nitrogens with zero attached hydrogens (tertiary/aromatic N) is 1. The highest BCUT2D eigenvalue weighted by Gasteiger charge is 2.45. The summed E-state index contributed by atoms with van der Waals surface area (Å²) in [5.41, 5.74) is 3.60. The summed E-state index contributed by atoms with van der Waals surface area (Å²) in [6.45, 7) is 0. The number of aromatic nitrogens is 1. The summed E-state index contributed by atoms with van der Waals surface area (Å²) in [5, 5.41) is 3.82. The van der Waals surface area contributed by atoms with Crippen molar-refractivity contribution in [2.75, 3.05) is 0 Å². The smallest absolute Gasteiger partial charge is 0.244 e. The average Bonchev–Trinajstić information content (AvgIpc) is 2.77. The van der Waals surface area contributed by atoms with Crippen LogP contribution in [0.3, 0.4) is 0 Å². The van der Waals surface area contributed by atoms with Crippen LogP contribution in [0.15, 0.2) is 72.9 Å². The maximum Gasteiger partial charge on any atom is 0.244 e. The van der Waals surface area contributed by atoms with E-state index in [0.29, 0.717) is 5.02 Å². The lowest BCUT2D eigenvalue weighted by Gasteiger charge is -2.48. The molecule has 2 aliphatic rings. The first-order chi connectivity index (χ1) is 15.1. The minimum Gasteiger partial charge on any atom is -0.487 e. The van der Waals surface area contributed by atoms with Crippen LogP contribution in [-0.2, 0) is 4.79 Å². The Morgan fingerprint density at radius 3 is 2.74 bits per heavy atom. The van der Waals surface area contributed by atoms with Crippen molar-refractivity contribution in [3.63, 3.8) is 0 Å². The highest BCUT2D eigenvalue weighted by molar-refractivity contribution is 6.30. The Labute approximate surface area is 186 Å². The summed E-state index contributed by atoms with van der Waals surface area (Å²) in [7, 11) is 0. The van der Waals surface area contributed by atoms with Gasteiger partial charge >= 0.3 is 0 Å². The molecule has 1 N–H and O–H groups in total. The highest BCUT2D eigenvalue weighted by atomic mass is 35.5. The summed E-state index contributed by atoms with van der Waals surface area (Å²) in [6.07, 6.45) is 9.18. The predicted molar refractivity (Wildman–Crippen MR) is 123 cm³/mol. The van der Waals surface area contributed by atoms with Crippen molar-refractivity contribution >= 4 is 23.6 Å². The summed E-state index contributed by atoms with van der Waals surface area (Å²) >= 11 is 6.23. The van der Waals surface area contributed by atoms with Gasteiger partial charge in [0.15, 0.2) is 0 Å². The second-order valence-electron chi connectivity index (χ2n) is 8.22. The molecule has 1 fully saturated rings. The molecule has 1 amide bonds. The normalized spacial score (nSPS) is 18.8. The van der Waals surface area contributed by atoms with Gasteiger partial charge in [-0.25, -0.2) is 0 Å². The average molecular weight is 431 g/mol. The van der Waals surface area contributed by atoms with Gasteiger partial charge in [-0.2, -0.15) is 0 Å². The predicted octanol–water partition coefficient (Wildman–Crippen LogP) is 5.98. The molecular weight excluding hydrogens is 408 g/mol. The zero-order valence-electron chi connectivity index (χ0n) is 17.1. The van der Waals surface area contributed by atoms with E-state index < -0.39 is 0 Å². The van der Waals surface area contributed by atoms with Crippen LogP contribution < -0.4 is 10.1 Å². The molecule has 0 saturated heterocycles. The molecule has 156 valence electrons. The number of fused-ring (bicyclic) bond motifs is 1. The minimum atomic E-state index is -0.159. The molecule has 5 rings (SSSR count). The van der Waals surface area contributed by atoms with Gasteiger partial charge in [0, 0.05) is 34.8 Å². The number of benzene rings is 2. The van der Waals surface area contributed by atoms with E-state index in [1.165, 1.54) is 0 Å². The van der Waals surface area contributed by atoms with Crippen molar-refractivity contribution < 1.29 is 9.53 Å². The van der Waals surface area contributed by atoms with Crippen LogP contribution in [0.25, 0.3) is 17.3 Å². The molecule has 1 aromatic heterocycles. The number of hydrogen-bond donors (Lipinski definition) is 1. The monoisotopic (exact) mass is 430 g/mol. The first-order valence-electron chi connectivity index (χ1n) is 10.6. The Balaban J connectivity index is 1.37. The van der Waals surface area contributed by atoms with Gasteiger partial charge in [0.2, 0.25) is 5.91 Å². The molecule has 5 heteroatoms. The Kier molecular flexibility index (Phi) is 5.24. The maximum atomic E-state index is 12.9. The van der Waals surface area contributed by atoms with E-state index in [1.54, 1.807) is 12.3 Å². The van der Waals surface area contributed by atoms with E-state index in [4.69, 9.17) is 16.3 Å². The fourth-order valence-corrected chi connectivity index (χ4v) is 4.61. The van der Waals surface area contributed by atoms with Gasteiger partial charge in [-0.1, -0.05) is 41.9 Å². The quantitative estimate of drug-likeness (QED) is 0.518. The number of halogens is 1. The molecule has 1 aliphatic heterocycles. The number of hydrogen-bond acceptors (Lipinski definition) is 3. The lowest BCUT2D eigenvalue weighted by Crippen LogP contribution is -2.49. The second-order valence-corrected chi connectivity index (χ2v) is 8.66. The van der Waals surface area contributed by atoms with Crippen LogP contribution in [0.1, 0.15) is 42.9 Å². The van der Waals surface area contributed by atoms with Crippen molar-refractivity contribution in [2.24, 2.45) is 0 Å². The Bertz CT molecular complexity index is 1140. The first-order valence-corrected chi connectivity index (χ1v) is 11.0. The summed E-state index contributed by atoms with van der Waals surface area (Å²) in [6, 6.07) is 19.3. The van der Waals surface area contributed by atoms with E-state index >= 15 is 0 Å². The minimum absolute atomic E-state index is 0.120. The van der Waals surface area contributed by atoms with Gasteiger partial charge in [0.05, 0.1) is 11.7 Å². The van der Waals surface area contributed by atoms with E-state index in [2.05, 4.69) is 10.3 Å². The van der Waals surface area contributed by atoms with Gasteiger partial charge < -0.3 is 10.1 Å². The molecule has 1 unspecified atom stereocenters. The fourth-order valence-electron chi connectivity index (χ4n) is 4.43. The van der Waals surface area contributed by atoms with Crippen molar-refractivity contribution in [1.82, 2.24) is 10.3 Å². The molecule has 3 aromatic rings. The van der Waals surface area contributed by atoms with Crippen LogP contribution in [0.4, 0.5) is 0 Å². The Hall–Kier alpha value is -3.11. The van der Waals surface area contributed by atoms with Crippen LogP contribution in [-0.4, -0.2) is 16.5 Å². The number of pyridine rings is 1. The Morgan fingerprint density at radius 1 is 1.13 bits per heavy atom. The largest absolute Gasteiger partial charge is 0.487 e. The Morgan fingerprint density at radius 2 is 1.97 bits per heavy atom. The fraction of sp³-hybridized carbons (Fsp3) is 0.231. The van der Waals surface area contributed by atoms with Gasteiger partial charge in [-0.3, -0.25) is 9.78 Å². The van der Waals surface area contributed by atoms with E-state index in [9.17, 15) is 4.79 Å². The third kappa shape index (κ3) is 4.08. The van der Waals surface area contributed by atoms with Gasteiger partial charge in [-0.05, 0) is 61.2 Å². The second kappa shape index (κ2) is 8.20. The number of rotatable bonds is 4. The highest BCUT2D eigenvalue weighted by Crippen LogP contribution is 2.49. The van der Waals surface area contributed by atoms with Crippen molar-refractivity contribution in [3.8, 4) is 17.0 Å². The van der Waals surface area contributed by atoms with Crippen LogP contribution in [0.5, 0.6) is 5.75 Å².